The van der Waals surface area contributed by atoms with Gasteiger partial charge in [0.15, 0.2) is 17.4 Å². The second kappa shape index (κ2) is 9.90. The molecule has 186 valence electrons. The minimum Gasteiger partial charge on any atom is -0.433 e. The zero-order valence-electron chi connectivity index (χ0n) is 20.0. The van der Waals surface area contributed by atoms with Crippen LogP contribution in [0.5, 0.6) is 11.6 Å². The van der Waals surface area contributed by atoms with Crippen LogP contribution in [0.15, 0.2) is 48.8 Å². The number of aryl methyl sites for hydroxylation is 1. The highest BCUT2D eigenvalue weighted by Gasteiger charge is 2.20. The Morgan fingerprint density at radius 2 is 1.83 bits per heavy atom. The van der Waals surface area contributed by atoms with Gasteiger partial charge in [-0.2, -0.15) is 9.37 Å². The molecule has 1 aliphatic rings. The van der Waals surface area contributed by atoms with E-state index in [4.69, 9.17) is 4.74 Å². The highest BCUT2D eigenvalue weighted by molar-refractivity contribution is 5.94. The molecular weight excluding hydrogens is 466 g/mol. The molecule has 0 aliphatic carbocycles. The topological polar surface area (TPSA) is 84.3 Å². The fourth-order valence-corrected chi connectivity index (χ4v) is 4.36. The van der Waals surface area contributed by atoms with Gasteiger partial charge in [0.2, 0.25) is 11.7 Å². The SMILES string of the molecule is CCC(=O)n1c(C)cc2c(F)c(Oc3ncnc(Nc4ccc(N5CCNCC5)cc4)c3F)ccc21. The molecule has 0 saturated carbocycles. The Bertz CT molecular complexity index is 1410. The fraction of sp³-hybridized carbons (Fsp3) is 0.269. The van der Waals surface area contributed by atoms with Crippen molar-refractivity contribution in [1.29, 1.82) is 0 Å². The number of benzene rings is 2. The number of halogens is 2. The fourth-order valence-electron chi connectivity index (χ4n) is 4.36. The van der Waals surface area contributed by atoms with Crippen LogP contribution in [0.4, 0.5) is 26.0 Å². The van der Waals surface area contributed by atoms with Crippen LogP contribution < -0.4 is 20.3 Å². The summed E-state index contributed by atoms with van der Waals surface area (Å²) in [6.07, 6.45) is 1.43. The number of hydrogen-bond acceptors (Lipinski definition) is 7. The summed E-state index contributed by atoms with van der Waals surface area (Å²) >= 11 is 0. The predicted molar refractivity (Wildman–Crippen MR) is 134 cm³/mol. The molecule has 2 aromatic carbocycles. The largest absolute Gasteiger partial charge is 0.433 e. The Morgan fingerprint density at radius 3 is 2.56 bits per heavy atom. The molecule has 10 heteroatoms. The van der Waals surface area contributed by atoms with Crippen molar-refractivity contribution in [1.82, 2.24) is 19.9 Å². The summed E-state index contributed by atoms with van der Waals surface area (Å²) in [5, 5.41) is 6.46. The Hall–Kier alpha value is -4.05. The van der Waals surface area contributed by atoms with Crippen LogP contribution in [-0.2, 0) is 0 Å². The number of nitrogens with one attached hydrogen (secondary N) is 2. The smallest absolute Gasteiger partial charge is 0.261 e. The molecule has 5 rings (SSSR count). The van der Waals surface area contributed by atoms with Crippen molar-refractivity contribution in [3.8, 4) is 11.6 Å². The van der Waals surface area contributed by atoms with Gasteiger partial charge in [-0.25, -0.2) is 9.37 Å². The Morgan fingerprint density at radius 1 is 1.08 bits per heavy atom. The second-order valence-electron chi connectivity index (χ2n) is 8.53. The highest BCUT2D eigenvalue weighted by atomic mass is 19.1. The van der Waals surface area contributed by atoms with Crippen molar-refractivity contribution >= 4 is 34.0 Å². The van der Waals surface area contributed by atoms with E-state index >= 15 is 8.78 Å². The van der Waals surface area contributed by atoms with Crippen LogP contribution in [0.25, 0.3) is 10.9 Å². The number of ether oxygens (including phenoxy) is 1. The number of piperazine rings is 1. The zero-order chi connectivity index (χ0) is 25.2. The van der Waals surface area contributed by atoms with Gasteiger partial charge in [0, 0.05) is 55.1 Å². The van der Waals surface area contributed by atoms with E-state index in [-0.39, 0.29) is 29.3 Å². The average Bonchev–Trinajstić information content (AvgIpc) is 3.25. The number of anilines is 3. The summed E-state index contributed by atoms with van der Waals surface area (Å²) in [7, 11) is 0. The van der Waals surface area contributed by atoms with Gasteiger partial charge in [-0.1, -0.05) is 6.92 Å². The van der Waals surface area contributed by atoms with E-state index in [9.17, 15) is 4.79 Å². The summed E-state index contributed by atoms with van der Waals surface area (Å²) in [4.78, 5) is 22.4. The molecule has 0 radical (unpaired) electrons. The van der Waals surface area contributed by atoms with Gasteiger partial charge in [-0.3, -0.25) is 9.36 Å². The summed E-state index contributed by atoms with van der Waals surface area (Å²) < 4.78 is 37.4. The maximum atomic E-state index is 15.2. The zero-order valence-corrected chi connectivity index (χ0v) is 20.0. The van der Waals surface area contributed by atoms with Crippen molar-refractivity contribution in [2.45, 2.75) is 20.3 Å². The van der Waals surface area contributed by atoms with E-state index in [2.05, 4.69) is 25.5 Å². The van der Waals surface area contributed by atoms with Gasteiger partial charge in [0.05, 0.1) is 5.52 Å². The van der Waals surface area contributed by atoms with Gasteiger partial charge < -0.3 is 20.3 Å². The molecular formula is C26H26F2N6O2. The summed E-state index contributed by atoms with van der Waals surface area (Å²) in [5.74, 6) is -2.40. The summed E-state index contributed by atoms with van der Waals surface area (Å²) in [6.45, 7) is 7.19. The molecule has 2 N–H and O–H groups in total. The standard InChI is InChI=1S/C26H26F2N6O2/c1-3-22(35)34-16(2)14-19-20(34)8-9-21(23(19)27)36-26-24(28)25(30-15-31-26)32-17-4-6-18(7-5-17)33-12-10-29-11-13-33/h4-9,14-15,29H,3,10-13H2,1-2H3,(H,30,31,32). The van der Waals surface area contributed by atoms with Gasteiger partial charge in [-0.05, 0) is 49.4 Å². The molecule has 36 heavy (non-hydrogen) atoms. The van der Waals surface area contributed by atoms with Crippen LogP contribution in [0.1, 0.15) is 23.8 Å². The normalized spacial score (nSPS) is 13.7. The molecule has 0 unspecified atom stereocenters. The summed E-state index contributed by atoms with van der Waals surface area (Å²) in [5.41, 5.74) is 2.77. The minimum atomic E-state index is -0.849. The lowest BCUT2D eigenvalue weighted by molar-refractivity contribution is 0.0912. The number of rotatable bonds is 6. The first-order valence-electron chi connectivity index (χ1n) is 11.8. The number of hydrogen-bond donors (Lipinski definition) is 2. The van der Waals surface area contributed by atoms with Crippen molar-refractivity contribution in [3.63, 3.8) is 0 Å². The lowest BCUT2D eigenvalue weighted by atomic mass is 10.2. The van der Waals surface area contributed by atoms with E-state index in [1.165, 1.54) is 10.6 Å². The molecule has 2 aromatic heterocycles. The van der Waals surface area contributed by atoms with Crippen LogP contribution in [0, 0.1) is 18.6 Å². The van der Waals surface area contributed by atoms with Crippen LogP contribution in [0.2, 0.25) is 0 Å². The number of carbonyl (C=O) groups excluding carboxylic acids is 1. The van der Waals surface area contributed by atoms with Gasteiger partial charge in [0.25, 0.3) is 5.88 Å². The van der Waals surface area contributed by atoms with E-state index in [0.29, 0.717) is 16.9 Å². The Kier molecular flexibility index (Phi) is 6.51. The Labute approximate surface area is 206 Å². The van der Waals surface area contributed by atoms with E-state index < -0.39 is 17.5 Å². The van der Waals surface area contributed by atoms with Gasteiger partial charge >= 0.3 is 0 Å². The molecule has 1 fully saturated rings. The molecule has 8 nitrogen and oxygen atoms in total. The highest BCUT2D eigenvalue weighted by Crippen LogP contribution is 2.33. The van der Waals surface area contributed by atoms with E-state index in [1.807, 2.05) is 24.3 Å². The molecule has 1 saturated heterocycles. The molecule has 0 atom stereocenters. The first kappa shape index (κ1) is 23.7. The van der Waals surface area contributed by atoms with Crippen molar-refractivity contribution in [3.05, 3.63) is 66.1 Å². The first-order valence-corrected chi connectivity index (χ1v) is 11.8. The minimum absolute atomic E-state index is 0.0908. The monoisotopic (exact) mass is 492 g/mol. The quantitative estimate of drug-likeness (QED) is 0.391. The third kappa shape index (κ3) is 4.47. The maximum absolute atomic E-state index is 15.2. The van der Waals surface area contributed by atoms with Crippen LogP contribution in [-0.4, -0.2) is 46.6 Å². The van der Waals surface area contributed by atoms with Crippen molar-refractivity contribution < 1.29 is 18.3 Å². The maximum Gasteiger partial charge on any atom is 0.261 e. The Balaban J connectivity index is 1.37. The predicted octanol–water partition coefficient (Wildman–Crippen LogP) is 5.01. The lowest BCUT2D eigenvalue weighted by Crippen LogP contribution is -2.43. The van der Waals surface area contributed by atoms with Gasteiger partial charge in [-0.15, -0.1) is 0 Å². The number of aromatic nitrogens is 3. The third-order valence-corrected chi connectivity index (χ3v) is 6.20. The van der Waals surface area contributed by atoms with Crippen LogP contribution in [0.3, 0.4) is 0 Å². The molecule has 3 heterocycles. The number of fused-ring (bicyclic) bond motifs is 1. The first-order chi connectivity index (χ1) is 17.5. The third-order valence-electron chi connectivity index (χ3n) is 6.20. The lowest BCUT2D eigenvalue weighted by Gasteiger charge is -2.29. The van der Waals surface area contributed by atoms with E-state index in [0.717, 1.165) is 38.2 Å². The van der Waals surface area contributed by atoms with Gasteiger partial charge in [0.1, 0.15) is 6.33 Å². The van der Waals surface area contributed by atoms with Crippen molar-refractivity contribution in [2.24, 2.45) is 0 Å². The molecule has 0 amide bonds. The summed E-state index contributed by atoms with van der Waals surface area (Å²) in [6, 6.07) is 12.1. The van der Waals surface area contributed by atoms with Crippen LogP contribution >= 0.6 is 0 Å². The van der Waals surface area contributed by atoms with Crippen molar-refractivity contribution in [2.75, 3.05) is 36.4 Å². The average molecular weight is 493 g/mol. The number of carbonyl (C=O) groups is 1. The molecule has 1 aliphatic heterocycles. The van der Waals surface area contributed by atoms with E-state index in [1.54, 1.807) is 26.0 Å². The molecule has 4 aromatic rings. The second-order valence-corrected chi connectivity index (χ2v) is 8.53. The number of nitrogens with zero attached hydrogens (tertiary/aromatic N) is 4. The molecule has 0 bridgehead atoms. The molecule has 0 spiro atoms.